The molecule has 0 saturated heterocycles. The molecule has 0 bridgehead atoms. The van der Waals surface area contributed by atoms with Gasteiger partial charge in [-0.05, 0) is 42.9 Å². The van der Waals surface area contributed by atoms with Gasteiger partial charge in [0.15, 0.2) is 5.11 Å². The van der Waals surface area contributed by atoms with Crippen molar-refractivity contribution in [2.45, 2.75) is 13.0 Å². The van der Waals surface area contributed by atoms with E-state index in [0.29, 0.717) is 5.11 Å². The normalized spacial score (nSPS) is 13.6. The van der Waals surface area contributed by atoms with E-state index in [-0.39, 0.29) is 0 Å². The summed E-state index contributed by atoms with van der Waals surface area (Å²) < 4.78 is 7.62. The van der Waals surface area contributed by atoms with E-state index < -0.39 is 0 Å². The zero-order valence-corrected chi connectivity index (χ0v) is 14.2. The number of nitrogens with zero attached hydrogens (tertiary/aromatic N) is 3. The van der Waals surface area contributed by atoms with Crippen LogP contribution in [0, 0.1) is 0 Å². The van der Waals surface area contributed by atoms with Gasteiger partial charge in [-0.1, -0.05) is 24.3 Å². The first kappa shape index (κ1) is 15.0. The quantitative estimate of drug-likeness (QED) is 0.723. The molecule has 24 heavy (non-hydrogen) atoms. The van der Waals surface area contributed by atoms with Gasteiger partial charge in [-0.2, -0.15) is 0 Å². The zero-order chi connectivity index (χ0) is 16.5. The van der Waals surface area contributed by atoms with Gasteiger partial charge in [-0.25, -0.2) is 4.98 Å². The first-order valence-corrected chi connectivity index (χ1v) is 8.35. The molecule has 1 aromatic heterocycles. The van der Waals surface area contributed by atoms with Gasteiger partial charge in [0.25, 0.3) is 0 Å². The monoisotopic (exact) mass is 338 g/mol. The predicted octanol–water partition coefficient (Wildman–Crippen LogP) is 3.65. The van der Waals surface area contributed by atoms with Crippen molar-refractivity contribution in [1.29, 1.82) is 0 Å². The molecular weight excluding hydrogens is 320 g/mol. The molecule has 0 atom stereocenters. The Morgan fingerprint density at radius 3 is 2.79 bits per heavy atom. The molecule has 0 fully saturated rings. The maximum atomic E-state index is 5.65. The van der Waals surface area contributed by atoms with Crippen molar-refractivity contribution in [3.8, 4) is 5.75 Å². The summed E-state index contributed by atoms with van der Waals surface area (Å²) in [6, 6.07) is 16.0. The van der Waals surface area contributed by atoms with Crippen LogP contribution in [-0.4, -0.2) is 28.3 Å². The number of hydrogen-bond acceptors (Lipinski definition) is 3. The van der Waals surface area contributed by atoms with Gasteiger partial charge < -0.3 is 14.6 Å². The number of hydrogen-bond donors (Lipinski definition) is 1. The van der Waals surface area contributed by atoms with Crippen molar-refractivity contribution in [2.24, 2.45) is 0 Å². The maximum absolute atomic E-state index is 5.65. The Labute approximate surface area is 145 Å². The Kier molecular flexibility index (Phi) is 3.82. The molecule has 4 rings (SSSR count). The first-order valence-electron chi connectivity index (χ1n) is 7.95. The average Bonchev–Trinajstić information content (AvgIpc) is 3.00. The summed E-state index contributed by atoms with van der Waals surface area (Å²) in [4.78, 5) is 6.83. The van der Waals surface area contributed by atoms with Gasteiger partial charge in [0.1, 0.15) is 5.75 Å². The van der Waals surface area contributed by atoms with Crippen LogP contribution in [0.3, 0.4) is 0 Å². The smallest absolute Gasteiger partial charge is 0.212 e. The molecule has 1 N–H and O–H groups in total. The number of benzene rings is 2. The fourth-order valence-electron chi connectivity index (χ4n) is 3.10. The van der Waals surface area contributed by atoms with E-state index in [2.05, 4.69) is 20.9 Å². The summed E-state index contributed by atoms with van der Waals surface area (Å²) >= 11 is 5.65. The number of methoxy groups -OCH3 is 1. The Morgan fingerprint density at radius 2 is 1.92 bits per heavy atom. The van der Waals surface area contributed by atoms with Gasteiger partial charge in [-0.3, -0.25) is 4.90 Å². The predicted molar refractivity (Wildman–Crippen MR) is 101 cm³/mol. The number of aryl methyl sites for hydroxylation is 1. The molecule has 2 heterocycles. The molecule has 0 amide bonds. The van der Waals surface area contributed by atoms with E-state index in [9.17, 15) is 0 Å². The average molecular weight is 338 g/mol. The molecular formula is C18H18N4OS. The summed E-state index contributed by atoms with van der Waals surface area (Å²) in [5.74, 6) is 1.67. The third-order valence-electron chi connectivity index (χ3n) is 4.23. The van der Waals surface area contributed by atoms with Crippen LogP contribution in [0.15, 0.2) is 48.5 Å². The number of thiocarbonyl (C=S) groups is 1. The second kappa shape index (κ2) is 6.13. The highest BCUT2D eigenvalue weighted by Crippen LogP contribution is 2.28. The van der Waals surface area contributed by atoms with Crippen molar-refractivity contribution >= 4 is 40.0 Å². The second-order valence-corrected chi connectivity index (χ2v) is 6.07. The van der Waals surface area contributed by atoms with Crippen LogP contribution in [0.4, 0.5) is 11.6 Å². The molecule has 1 aliphatic rings. The highest BCUT2D eigenvalue weighted by molar-refractivity contribution is 7.80. The number of nitrogens with one attached hydrogen (secondary N) is 1. The van der Waals surface area contributed by atoms with Crippen LogP contribution in [0.1, 0.15) is 6.42 Å². The van der Waals surface area contributed by atoms with Crippen LogP contribution in [0.25, 0.3) is 11.0 Å². The molecule has 0 spiro atoms. The van der Waals surface area contributed by atoms with Crippen LogP contribution >= 0.6 is 12.2 Å². The molecule has 1 aliphatic heterocycles. The van der Waals surface area contributed by atoms with Gasteiger partial charge in [0.05, 0.1) is 23.8 Å². The van der Waals surface area contributed by atoms with Crippen molar-refractivity contribution in [1.82, 2.24) is 9.55 Å². The second-order valence-electron chi connectivity index (χ2n) is 5.69. The van der Waals surface area contributed by atoms with E-state index in [1.54, 1.807) is 7.11 Å². The Balaban J connectivity index is 1.67. The highest BCUT2D eigenvalue weighted by Gasteiger charge is 2.24. The van der Waals surface area contributed by atoms with Crippen molar-refractivity contribution in [3.63, 3.8) is 0 Å². The number of ether oxygens (including phenoxy) is 1. The summed E-state index contributed by atoms with van der Waals surface area (Å²) in [5, 5.41) is 3.93. The molecule has 122 valence electrons. The summed E-state index contributed by atoms with van der Waals surface area (Å²) in [6.07, 6.45) is 1.03. The van der Waals surface area contributed by atoms with E-state index in [1.807, 2.05) is 42.5 Å². The third-order valence-corrected chi connectivity index (χ3v) is 4.56. The lowest BCUT2D eigenvalue weighted by Gasteiger charge is -2.30. The molecule has 2 aromatic carbocycles. The van der Waals surface area contributed by atoms with Crippen molar-refractivity contribution < 1.29 is 4.74 Å². The van der Waals surface area contributed by atoms with E-state index in [0.717, 1.165) is 47.9 Å². The number of imidazole rings is 1. The van der Waals surface area contributed by atoms with Crippen LogP contribution in [0.2, 0.25) is 0 Å². The van der Waals surface area contributed by atoms with E-state index in [1.165, 1.54) is 0 Å². The Hall–Kier alpha value is -2.60. The van der Waals surface area contributed by atoms with Crippen molar-refractivity contribution in [3.05, 3.63) is 48.5 Å². The number of fused-ring (bicyclic) bond motifs is 3. The number of anilines is 2. The van der Waals surface area contributed by atoms with Crippen molar-refractivity contribution in [2.75, 3.05) is 23.9 Å². The fourth-order valence-corrected chi connectivity index (χ4v) is 3.38. The lowest BCUT2D eigenvalue weighted by atomic mass is 10.3. The van der Waals surface area contributed by atoms with Gasteiger partial charge in [-0.15, -0.1) is 0 Å². The Morgan fingerprint density at radius 1 is 1.12 bits per heavy atom. The summed E-state index contributed by atoms with van der Waals surface area (Å²) in [5.41, 5.74) is 3.01. The summed E-state index contributed by atoms with van der Waals surface area (Å²) in [6.45, 7) is 1.81. The first-order chi connectivity index (χ1) is 11.8. The lowest BCUT2D eigenvalue weighted by Crippen LogP contribution is -2.40. The van der Waals surface area contributed by atoms with Crippen LogP contribution in [0.5, 0.6) is 5.75 Å². The minimum Gasteiger partial charge on any atom is -0.495 e. The minimum absolute atomic E-state index is 0.635. The Bertz CT molecular complexity index is 905. The molecule has 0 radical (unpaired) electrons. The zero-order valence-electron chi connectivity index (χ0n) is 13.4. The molecule has 5 nitrogen and oxygen atoms in total. The van der Waals surface area contributed by atoms with Gasteiger partial charge in [0.2, 0.25) is 5.95 Å². The topological polar surface area (TPSA) is 42.3 Å². The summed E-state index contributed by atoms with van der Waals surface area (Å²) in [7, 11) is 1.66. The molecule has 0 unspecified atom stereocenters. The van der Waals surface area contributed by atoms with Crippen LogP contribution in [-0.2, 0) is 6.54 Å². The number of para-hydroxylation sites is 4. The largest absolute Gasteiger partial charge is 0.495 e. The lowest BCUT2D eigenvalue weighted by molar-refractivity contribution is 0.417. The fraction of sp³-hybridized carbons (Fsp3) is 0.222. The number of rotatable bonds is 2. The maximum Gasteiger partial charge on any atom is 0.212 e. The SMILES string of the molecule is COc1ccccc1NC(=S)N1CCCn2c1nc1ccccc12. The van der Waals surface area contributed by atoms with E-state index >= 15 is 0 Å². The third kappa shape index (κ3) is 2.49. The molecule has 6 heteroatoms. The minimum atomic E-state index is 0.635. The molecule has 0 saturated carbocycles. The molecule has 3 aromatic rings. The highest BCUT2D eigenvalue weighted by atomic mass is 32.1. The number of aromatic nitrogens is 2. The molecule has 0 aliphatic carbocycles. The van der Waals surface area contributed by atoms with Gasteiger partial charge >= 0.3 is 0 Å². The van der Waals surface area contributed by atoms with Gasteiger partial charge in [0, 0.05) is 13.1 Å². The van der Waals surface area contributed by atoms with Crippen LogP contribution < -0.4 is 15.0 Å². The standard InChI is InChI=1S/C18H18N4OS/c1-23-16-10-5-3-8-14(16)20-18(24)22-12-6-11-21-15-9-4-2-7-13(15)19-17(21)22/h2-5,7-10H,6,11-12H2,1H3,(H,20,24). The van der Waals surface area contributed by atoms with E-state index in [4.69, 9.17) is 21.9 Å².